The third kappa shape index (κ3) is 1.71. The monoisotopic (exact) mass is 172 g/mol. The number of nitrogens with zero attached hydrogens (tertiary/aromatic N) is 1. The SMILES string of the molecule is NCC1CSCCN1C1CC1. The molecule has 0 spiro atoms. The second-order valence-corrected chi connectivity index (χ2v) is 4.58. The minimum absolute atomic E-state index is 0.682. The smallest absolute Gasteiger partial charge is 0.0312 e. The van der Waals surface area contributed by atoms with Crippen LogP contribution in [0.5, 0.6) is 0 Å². The van der Waals surface area contributed by atoms with Gasteiger partial charge >= 0.3 is 0 Å². The Morgan fingerprint density at radius 1 is 1.45 bits per heavy atom. The highest BCUT2D eigenvalue weighted by molar-refractivity contribution is 7.99. The van der Waals surface area contributed by atoms with E-state index in [9.17, 15) is 0 Å². The van der Waals surface area contributed by atoms with E-state index < -0.39 is 0 Å². The minimum Gasteiger partial charge on any atom is -0.329 e. The van der Waals surface area contributed by atoms with Gasteiger partial charge in [0.2, 0.25) is 0 Å². The Morgan fingerprint density at radius 3 is 2.91 bits per heavy atom. The van der Waals surface area contributed by atoms with Gasteiger partial charge in [-0.1, -0.05) is 0 Å². The summed E-state index contributed by atoms with van der Waals surface area (Å²) in [6.07, 6.45) is 2.84. The van der Waals surface area contributed by atoms with Crippen molar-refractivity contribution in [1.82, 2.24) is 4.90 Å². The Kier molecular flexibility index (Phi) is 2.39. The van der Waals surface area contributed by atoms with Crippen LogP contribution in [0.2, 0.25) is 0 Å². The van der Waals surface area contributed by atoms with Crippen LogP contribution in [-0.2, 0) is 0 Å². The van der Waals surface area contributed by atoms with Crippen LogP contribution in [0.3, 0.4) is 0 Å². The van der Waals surface area contributed by atoms with E-state index >= 15 is 0 Å². The summed E-state index contributed by atoms with van der Waals surface area (Å²) in [5.41, 5.74) is 5.70. The zero-order valence-electron chi connectivity index (χ0n) is 6.83. The normalized spacial score (nSPS) is 34.1. The lowest BCUT2D eigenvalue weighted by Gasteiger charge is -2.34. The maximum atomic E-state index is 5.70. The molecule has 0 aromatic carbocycles. The van der Waals surface area contributed by atoms with Crippen LogP contribution in [-0.4, -0.2) is 41.6 Å². The highest BCUT2D eigenvalue weighted by Gasteiger charge is 2.34. The Labute approximate surface area is 72.5 Å². The van der Waals surface area contributed by atoms with E-state index in [1.165, 1.54) is 30.9 Å². The molecule has 0 aromatic heterocycles. The first-order chi connectivity index (χ1) is 5.42. The molecule has 1 heterocycles. The van der Waals surface area contributed by atoms with E-state index in [2.05, 4.69) is 16.7 Å². The van der Waals surface area contributed by atoms with Gasteiger partial charge in [-0.05, 0) is 12.8 Å². The molecular weight excluding hydrogens is 156 g/mol. The van der Waals surface area contributed by atoms with Crippen molar-refractivity contribution in [3.63, 3.8) is 0 Å². The van der Waals surface area contributed by atoms with E-state index in [1.54, 1.807) is 0 Å². The molecule has 1 saturated heterocycles. The Morgan fingerprint density at radius 2 is 2.27 bits per heavy atom. The van der Waals surface area contributed by atoms with Crippen molar-refractivity contribution in [2.45, 2.75) is 24.9 Å². The predicted molar refractivity (Wildman–Crippen MR) is 49.9 cm³/mol. The number of rotatable bonds is 2. The first-order valence-electron chi connectivity index (χ1n) is 4.45. The fourth-order valence-corrected chi connectivity index (χ4v) is 2.86. The van der Waals surface area contributed by atoms with Gasteiger partial charge in [0.05, 0.1) is 0 Å². The molecule has 1 aliphatic carbocycles. The zero-order valence-corrected chi connectivity index (χ0v) is 7.65. The molecule has 2 nitrogen and oxygen atoms in total. The van der Waals surface area contributed by atoms with E-state index in [1.807, 2.05) is 0 Å². The fraction of sp³-hybridized carbons (Fsp3) is 1.00. The molecule has 64 valence electrons. The average molecular weight is 172 g/mol. The summed E-state index contributed by atoms with van der Waals surface area (Å²) in [4.78, 5) is 2.62. The number of hydrogen-bond donors (Lipinski definition) is 1. The molecule has 2 N–H and O–H groups in total. The molecule has 0 bridgehead atoms. The van der Waals surface area contributed by atoms with E-state index in [0.717, 1.165) is 12.6 Å². The van der Waals surface area contributed by atoms with Gasteiger partial charge in [-0.15, -0.1) is 0 Å². The molecule has 11 heavy (non-hydrogen) atoms. The summed E-state index contributed by atoms with van der Waals surface area (Å²) < 4.78 is 0. The molecule has 1 saturated carbocycles. The summed E-state index contributed by atoms with van der Waals surface area (Å²) >= 11 is 2.05. The molecule has 0 aromatic rings. The van der Waals surface area contributed by atoms with Crippen molar-refractivity contribution < 1.29 is 0 Å². The molecule has 1 unspecified atom stereocenters. The van der Waals surface area contributed by atoms with Gasteiger partial charge in [-0.25, -0.2) is 0 Å². The summed E-state index contributed by atoms with van der Waals surface area (Å²) in [5.74, 6) is 2.57. The van der Waals surface area contributed by atoms with Crippen molar-refractivity contribution in [3.8, 4) is 0 Å². The van der Waals surface area contributed by atoms with Crippen molar-refractivity contribution in [2.24, 2.45) is 5.73 Å². The van der Waals surface area contributed by atoms with Gasteiger partial charge < -0.3 is 5.73 Å². The third-order valence-electron chi connectivity index (χ3n) is 2.56. The maximum absolute atomic E-state index is 5.70. The van der Waals surface area contributed by atoms with Crippen LogP contribution in [0.15, 0.2) is 0 Å². The lowest BCUT2D eigenvalue weighted by molar-refractivity contribution is 0.213. The largest absolute Gasteiger partial charge is 0.329 e. The second kappa shape index (κ2) is 3.33. The van der Waals surface area contributed by atoms with Crippen LogP contribution in [0, 0.1) is 0 Å². The van der Waals surface area contributed by atoms with Gasteiger partial charge in [0.1, 0.15) is 0 Å². The molecule has 1 atom stereocenters. The van der Waals surface area contributed by atoms with Crippen LogP contribution >= 0.6 is 11.8 Å². The fourth-order valence-electron chi connectivity index (χ4n) is 1.76. The maximum Gasteiger partial charge on any atom is 0.0312 e. The van der Waals surface area contributed by atoms with Crippen molar-refractivity contribution in [1.29, 1.82) is 0 Å². The minimum atomic E-state index is 0.682. The first-order valence-corrected chi connectivity index (χ1v) is 5.61. The number of thioether (sulfide) groups is 1. The predicted octanol–water partition coefficient (Wildman–Crippen LogP) is 0.525. The standard InChI is InChI=1S/C8H16N2S/c9-5-8-6-11-4-3-10(8)7-1-2-7/h7-8H,1-6,9H2. The Bertz CT molecular complexity index is 136. The molecule has 1 aliphatic heterocycles. The van der Waals surface area contributed by atoms with Crippen LogP contribution in [0.1, 0.15) is 12.8 Å². The molecule has 2 rings (SSSR count). The van der Waals surface area contributed by atoms with E-state index in [4.69, 9.17) is 5.73 Å². The summed E-state index contributed by atoms with van der Waals surface area (Å²) in [7, 11) is 0. The molecule has 0 radical (unpaired) electrons. The molecule has 2 fully saturated rings. The van der Waals surface area contributed by atoms with Crippen molar-refractivity contribution in [3.05, 3.63) is 0 Å². The average Bonchev–Trinajstić information content (AvgIpc) is 2.87. The molecule has 2 aliphatic rings. The lowest BCUT2D eigenvalue weighted by Crippen LogP contribution is -2.47. The van der Waals surface area contributed by atoms with Gasteiger partial charge in [0.15, 0.2) is 0 Å². The third-order valence-corrected chi connectivity index (χ3v) is 3.65. The number of nitrogens with two attached hydrogens (primary N) is 1. The summed E-state index contributed by atoms with van der Waals surface area (Å²) in [6.45, 7) is 2.13. The highest BCUT2D eigenvalue weighted by atomic mass is 32.2. The lowest BCUT2D eigenvalue weighted by atomic mass is 10.2. The van der Waals surface area contributed by atoms with Gasteiger partial charge in [0, 0.05) is 36.7 Å². The molecule has 3 heteroatoms. The summed E-state index contributed by atoms with van der Waals surface area (Å²) in [5, 5.41) is 0. The van der Waals surface area contributed by atoms with Gasteiger partial charge in [0.25, 0.3) is 0 Å². The van der Waals surface area contributed by atoms with Gasteiger partial charge in [-0.3, -0.25) is 4.90 Å². The molecule has 0 amide bonds. The van der Waals surface area contributed by atoms with Crippen LogP contribution < -0.4 is 5.73 Å². The van der Waals surface area contributed by atoms with Gasteiger partial charge in [-0.2, -0.15) is 11.8 Å². The summed E-state index contributed by atoms with van der Waals surface area (Å²) in [6, 6.07) is 1.59. The quantitative estimate of drug-likeness (QED) is 0.658. The number of hydrogen-bond acceptors (Lipinski definition) is 3. The zero-order chi connectivity index (χ0) is 7.68. The second-order valence-electron chi connectivity index (χ2n) is 3.43. The molecular formula is C8H16N2S. The first kappa shape index (κ1) is 7.90. The Balaban J connectivity index is 1.91. The van der Waals surface area contributed by atoms with Crippen LogP contribution in [0.25, 0.3) is 0 Å². The highest BCUT2D eigenvalue weighted by Crippen LogP contribution is 2.31. The van der Waals surface area contributed by atoms with E-state index in [-0.39, 0.29) is 0 Å². The van der Waals surface area contributed by atoms with Crippen molar-refractivity contribution in [2.75, 3.05) is 24.6 Å². The van der Waals surface area contributed by atoms with Crippen molar-refractivity contribution >= 4 is 11.8 Å². The van der Waals surface area contributed by atoms with E-state index in [0.29, 0.717) is 6.04 Å². The van der Waals surface area contributed by atoms with Crippen LogP contribution in [0.4, 0.5) is 0 Å². The Hall–Kier alpha value is 0.270. The topological polar surface area (TPSA) is 29.3 Å².